The normalized spacial score (nSPS) is 10.5. The fraction of sp³-hybridized carbons (Fsp3) is 0.500. The summed E-state index contributed by atoms with van der Waals surface area (Å²) in [6.07, 6.45) is 2.25. The minimum atomic E-state index is 0. The Hall–Kier alpha value is -0.780. The summed E-state index contributed by atoms with van der Waals surface area (Å²) in [5.74, 6) is 0. The van der Waals surface area contributed by atoms with Gasteiger partial charge in [0.2, 0.25) is 0 Å². The van der Waals surface area contributed by atoms with Crippen LogP contribution >= 0.6 is 24.8 Å². The third-order valence-electron chi connectivity index (χ3n) is 3.46. The molecule has 2 aromatic rings. The lowest BCUT2D eigenvalue weighted by molar-refractivity contribution is 0.292. The number of nitrogens with one attached hydrogen (secondary N) is 2. The molecule has 0 unspecified atom stereocenters. The zero-order valence-corrected chi connectivity index (χ0v) is 14.8. The maximum Gasteiger partial charge on any atom is 0.0555 e. The third kappa shape index (κ3) is 5.45. The van der Waals surface area contributed by atoms with E-state index in [2.05, 4.69) is 59.5 Å². The minimum Gasteiger partial charge on any atom is -0.395 e. The first kappa shape index (κ1) is 21.2. The average Bonchev–Trinajstić information content (AvgIpc) is 2.82. The summed E-state index contributed by atoms with van der Waals surface area (Å²) < 4.78 is 2.33. The van der Waals surface area contributed by atoms with Gasteiger partial charge in [-0.05, 0) is 25.5 Å². The molecular weight excluding hydrogens is 321 g/mol. The molecule has 1 aromatic carbocycles. The Bertz CT molecular complexity index is 543. The van der Waals surface area contributed by atoms with E-state index in [0.29, 0.717) is 12.6 Å². The van der Waals surface area contributed by atoms with Crippen molar-refractivity contribution in [3.63, 3.8) is 0 Å². The summed E-state index contributed by atoms with van der Waals surface area (Å²) in [6.45, 7) is 7.94. The maximum absolute atomic E-state index is 8.69. The molecule has 1 heterocycles. The second-order valence-corrected chi connectivity index (χ2v) is 5.32. The van der Waals surface area contributed by atoms with Crippen LogP contribution in [-0.4, -0.2) is 35.9 Å². The summed E-state index contributed by atoms with van der Waals surface area (Å²) in [4.78, 5) is 0. The maximum atomic E-state index is 8.69. The molecule has 0 amide bonds. The number of hydrogen-bond donors (Lipinski definition) is 3. The number of halogens is 2. The van der Waals surface area contributed by atoms with Gasteiger partial charge in [-0.15, -0.1) is 24.8 Å². The molecule has 0 bridgehead atoms. The molecule has 6 heteroatoms. The van der Waals surface area contributed by atoms with Crippen LogP contribution in [0.3, 0.4) is 0 Å². The van der Waals surface area contributed by atoms with Crippen LogP contribution < -0.4 is 10.6 Å². The highest BCUT2D eigenvalue weighted by atomic mass is 35.5. The molecule has 4 nitrogen and oxygen atoms in total. The van der Waals surface area contributed by atoms with Crippen molar-refractivity contribution in [1.29, 1.82) is 0 Å². The smallest absolute Gasteiger partial charge is 0.0555 e. The van der Waals surface area contributed by atoms with Crippen LogP contribution in [-0.2, 0) is 6.54 Å². The lowest BCUT2D eigenvalue weighted by atomic mass is 10.2. The predicted octanol–water partition coefficient (Wildman–Crippen LogP) is 2.74. The predicted molar refractivity (Wildman–Crippen MR) is 98.5 cm³/mol. The van der Waals surface area contributed by atoms with Crippen LogP contribution in [0, 0.1) is 0 Å². The largest absolute Gasteiger partial charge is 0.395 e. The Kier molecular flexibility index (Phi) is 10.5. The van der Waals surface area contributed by atoms with Gasteiger partial charge >= 0.3 is 0 Å². The Labute approximate surface area is 145 Å². The van der Waals surface area contributed by atoms with Crippen LogP contribution in [0.5, 0.6) is 0 Å². The summed E-state index contributed by atoms with van der Waals surface area (Å²) in [6, 6.07) is 9.04. The van der Waals surface area contributed by atoms with E-state index in [-0.39, 0.29) is 31.4 Å². The van der Waals surface area contributed by atoms with Gasteiger partial charge in [0, 0.05) is 49.3 Å². The second-order valence-electron chi connectivity index (χ2n) is 5.32. The third-order valence-corrected chi connectivity index (χ3v) is 3.46. The van der Waals surface area contributed by atoms with Crippen molar-refractivity contribution in [2.24, 2.45) is 0 Å². The SMILES string of the molecule is CC(C)n1cc(CNCCNCCO)c2ccccc21.Cl.Cl. The zero-order chi connectivity index (χ0) is 14.4. The molecule has 0 atom stereocenters. The van der Waals surface area contributed by atoms with Gasteiger partial charge in [0.1, 0.15) is 0 Å². The number of hydrogen-bond acceptors (Lipinski definition) is 3. The lowest BCUT2D eigenvalue weighted by Crippen LogP contribution is -2.28. The topological polar surface area (TPSA) is 49.2 Å². The first-order chi connectivity index (χ1) is 9.74. The second kappa shape index (κ2) is 10.9. The molecule has 2 rings (SSSR count). The van der Waals surface area contributed by atoms with Gasteiger partial charge in [-0.2, -0.15) is 0 Å². The average molecular weight is 348 g/mol. The number of fused-ring (bicyclic) bond motifs is 1. The summed E-state index contributed by atoms with van der Waals surface area (Å²) >= 11 is 0. The van der Waals surface area contributed by atoms with Gasteiger partial charge in [-0.25, -0.2) is 0 Å². The van der Waals surface area contributed by atoms with Crippen molar-refractivity contribution in [2.45, 2.75) is 26.4 Å². The summed E-state index contributed by atoms with van der Waals surface area (Å²) in [5, 5.41) is 16.6. The van der Waals surface area contributed by atoms with Crippen LogP contribution in [0.4, 0.5) is 0 Å². The van der Waals surface area contributed by atoms with Crippen molar-refractivity contribution in [1.82, 2.24) is 15.2 Å². The van der Waals surface area contributed by atoms with Crippen molar-refractivity contribution in [3.05, 3.63) is 36.0 Å². The van der Waals surface area contributed by atoms with Crippen LogP contribution in [0.2, 0.25) is 0 Å². The summed E-state index contributed by atoms with van der Waals surface area (Å²) in [7, 11) is 0. The summed E-state index contributed by atoms with van der Waals surface area (Å²) in [5.41, 5.74) is 2.65. The van der Waals surface area contributed by atoms with Crippen LogP contribution in [0.25, 0.3) is 10.9 Å². The number of benzene rings is 1. The fourth-order valence-electron chi connectivity index (χ4n) is 2.45. The Morgan fingerprint density at radius 1 is 1.05 bits per heavy atom. The highest BCUT2D eigenvalue weighted by Gasteiger charge is 2.09. The molecule has 0 saturated heterocycles. The number of rotatable bonds is 8. The van der Waals surface area contributed by atoms with Gasteiger partial charge < -0.3 is 20.3 Å². The molecule has 0 spiro atoms. The standard InChI is InChI=1S/C16H25N3O.2ClH/c1-13(2)19-12-14(11-18-8-7-17-9-10-20)15-5-3-4-6-16(15)19;;/h3-6,12-13,17-18,20H,7-11H2,1-2H3;2*1H. The van der Waals surface area contributed by atoms with E-state index < -0.39 is 0 Å². The van der Waals surface area contributed by atoms with E-state index in [1.807, 2.05) is 0 Å². The molecular formula is C16H27Cl2N3O. The molecule has 22 heavy (non-hydrogen) atoms. The van der Waals surface area contributed by atoms with E-state index in [1.54, 1.807) is 0 Å². The number of nitrogens with zero attached hydrogens (tertiary/aromatic N) is 1. The number of aliphatic hydroxyl groups is 1. The van der Waals surface area contributed by atoms with Gasteiger partial charge in [0.15, 0.2) is 0 Å². The molecule has 0 aliphatic carbocycles. The molecule has 126 valence electrons. The lowest BCUT2D eigenvalue weighted by Gasteiger charge is -2.08. The number of aliphatic hydroxyl groups excluding tert-OH is 1. The van der Waals surface area contributed by atoms with E-state index >= 15 is 0 Å². The van der Waals surface area contributed by atoms with Gasteiger partial charge in [-0.3, -0.25) is 0 Å². The van der Waals surface area contributed by atoms with Crippen LogP contribution in [0.15, 0.2) is 30.5 Å². The molecule has 1 aromatic heterocycles. The van der Waals surface area contributed by atoms with Crippen molar-refractivity contribution >= 4 is 35.7 Å². The number of aromatic nitrogens is 1. The van der Waals surface area contributed by atoms with Crippen molar-refractivity contribution in [2.75, 3.05) is 26.2 Å². The Morgan fingerprint density at radius 3 is 2.41 bits per heavy atom. The minimum absolute atomic E-state index is 0. The first-order valence-corrected chi connectivity index (χ1v) is 7.34. The van der Waals surface area contributed by atoms with E-state index in [1.165, 1.54) is 16.5 Å². The van der Waals surface area contributed by atoms with Gasteiger partial charge in [-0.1, -0.05) is 18.2 Å². The Morgan fingerprint density at radius 2 is 1.73 bits per heavy atom. The first-order valence-electron chi connectivity index (χ1n) is 7.34. The molecule has 0 aliphatic heterocycles. The van der Waals surface area contributed by atoms with Crippen molar-refractivity contribution < 1.29 is 5.11 Å². The molecule has 3 N–H and O–H groups in total. The molecule has 0 fully saturated rings. The molecule has 0 saturated carbocycles. The number of para-hydroxylation sites is 1. The Balaban J connectivity index is 0.00000220. The van der Waals surface area contributed by atoms with E-state index in [4.69, 9.17) is 5.11 Å². The zero-order valence-electron chi connectivity index (χ0n) is 13.2. The highest BCUT2D eigenvalue weighted by Crippen LogP contribution is 2.24. The quantitative estimate of drug-likeness (QED) is 0.643. The van der Waals surface area contributed by atoms with Crippen LogP contribution in [0.1, 0.15) is 25.5 Å². The van der Waals surface area contributed by atoms with E-state index in [0.717, 1.165) is 19.6 Å². The monoisotopic (exact) mass is 347 g/mol. The molecule has 0 aliphatic rings. The van der Waals surface area contributed by atoms with Gasteiger partial charge in [0.25, 0.3) is 0 Å². The fourth-order valence-corrected chi connectivity index (χ4v) is 2.45. The van der Waals surface area contributed by atoms with Crippen molar-refractivity contribution in [3.8, 4) is 0 Å². The molecule has 0 radical (unpaired) electrons. The van der Waals surface area contributed by atoms with E-state index in [9.17, 15) is 0 Å². The van der Waals surface area contributed by atoms with Gasteiger partial charge in [0.05, 0.1) is 6.61 Å². The highest BCUT2D eigenvalue weighted by molar-refractivity contribution is 5.85.